The summed E-state index contributed by atoms with van der Waals surface area (Å²) >= 11 is 0. The fourth-order valence-corrected chi connectivity index (χ4v) is 2.92. The highest BCUT2D eigenvalue weighted by molar-refractivity contribution is 4.83. The molecule has 17 heavy (non-hydrogen) atoms. The van der Waals surface area contributed by atoms with Crippen LogP contribution in [-0.4, -0.2) is 37.5 Å². The third-order valence-electron chi connectivity index (χ3n) is 4.19. The number of ether oxygens (including phenoxy) is 2. The first-order valence-electron chi connectivity index (χ1n) is 7.06. The summed E-state index contributed by atoms with van der Waals surface area (Å²) in [5.74, 6) is 0.776. The van der Waals surface area contributed by atoms with Gasteiger partial charge in [-0.15, -0.1) is 0 Å². The normalized spacial score (nSPS) is 31.6. The lowest BCUT2D eigenvalue weighted by Gasteiger charge is -2.29. The molecule has 2 unspecified atom stereocenters. The van der Waals surface area contributed by atoms with Gasteiger partial charge in [0.05, 0.1) is 11.7 Å². The van der Waals surface area contributed by atoms with Crippen molar-refractivity contribution in [2.24, 2.45) is 5.92 Å². The van der Waals surface area contributed by atoms with Crippen molar-refractivity contribution < 1.29 is 9.47 Å². The van der Waals surface area contributed by atoms with E-state index in [1.165, 1.54) is 25.7 Å². The Morgan fingerprint density at radius 2 is 1.94 bits per heavy atom. The van der Waals surface area contributed by atoms with Crippen molar-refractivity contribution in [2.45, 2.75) is 64.2 Å². The lowest BCUT2D eigenvalue weighted by Crippen LogP contribution is -2.40. The molecule has 2 aliphatic heterocycles. The van der Waals surface area contributed by atoms with E-state index < -0.39 is 0 Å². The smallest absolute Gasteiger partial charge is 0.0707 e. The Kier molecular flexibility index (Phi) is 4.45. The first-order chi connectivity index (χ1) is 8.07. The minimum absolute atomic E-state index is 0.0915. The Labute approximate surface area is 105 Å². The van der Waals surface area contributed by atoms with Crippen molar-refractivity contribution in [2.75, 3.05) is 19.8 Å². The second-order valence-corrected chi connectivity index (χ2v) is 6.18. The molecule has 1 N–H and O–H groups in total. The van der Waals surface area contributed by atoms with Gasteiger partial charge in [-0.1, -0.05) is 0 Å². The van der Waals surface area contributed by atoms with Crippen LogP contribution in [0, 0.1) is 5.92 Å². The molecule has 2 rings (SSSR count). The number of nitrogens with one attached hydrogen (secondary N) is 1. The van der Waals surface area contributed by atoms with E-state index in [-0.39, 0.29) is 5.60 Å². The summed E-state index contributed by atoms with van der Waals surface area (Å²) in [5.41, 5.74) is 0.0915. The number of hydrogen-bond acceptors (Lipinski definition) is 3. The molecule has 2 atom stereocenters. The predicted octanol–water partition coefficient (Wildman–Crippen LogP) is 2.35. The van der Waals surface area contributed by atoms with Gasteiger partial charge in [-0.05, 0) is 52.4 Å². The molecule has 2 aliphatic rings. The van der Waals surface area contributed by atoms with Crippen LogP contribution in [0.3, 0.4) is 0 Å². The van der Waals surface area contributed by atoms with Crippen LogP contribution >= 0.6 is 0 Å². The quantitative estimate of drug-likeness (QED) is 0.819. The molecule has 0 spiro atoms. The summed E-state index contributed by atoms with van der Waals surface area (Å²) in [6.45, 7) is 9.55. The summed E-state index contributed by atoms with van der Waals surface area (Å²) in [5, 5.41) is 3.65. The average Bonchev–Trinajstić information content (AvgIpc) is 2.67. The Bertz CT molecular complexity index is 236. The molecular weight excluding hydrogens is 214 g/mol. The van der Waals surface area contributed by atoms with Gasteiger partial charge in [-0.2, -0.15) is 0 Å². The second-order valence-electron chi connectivity index (χ2n) is 6.18. The Morgan fingerprint density at radius 3 is 2.53 bits per heavy atom. The minimum Gasteiger partial charge on any atom is -0.381 e. The summed E-state index contributed by atoms with van der Waals surface area (Å²) in [6.07, 6.45) is 5.19. The minimum atomic E-state index is 0.0915. The van der Waals surface area contributed by atoms with Crippen LogP contribution in [0.1, 0.15) is 46.5 Å². The maximum absolute atomic E-state index is 6.00. The van der Waals surface area contributed by atoms with E-state index in [0.29, 0.717) is 12.1 Å². The number of rotatable bonds is 4. The highest BCUT2D eigenvalue weighted by Crippen LogP contribution is 2.29. The van der Waals surface area contributed by atoms with Gasteiger partial charge in [-0.25, -0.2) is 0 Å². The Balaban J connectivity index is 1.67. The monoisotopic (exact) mass is 241 g/mol. The zero-order valence-electron chi connectivity index (χ0n) is 11.5. The van der Waals surface area contributed by atoms with Gasteiger partial charge in [-0.3, -0.25) is 0 Å². The highest BCUT2D eigenvalue weighted by Gasteiger charge is 2.32. The van der Waals surface area contributed by atoms with Gasteiger partial charge in [0, 0.05) is 25.8 Å². The molecule has 3 heteroatoms. The molecular formula is C14H27NO2. The van der Waals surface area contributed by atoms with Crippen molar-refractivity contribution in [3.8, 4) is 0 Å². The molecule has 0 radical (unpaired) electrons. The van der Waals surface area contributed by atoms with Crippen molar-refractivity contribution in [3.63, 3.8) is 0 Å². The zero-order chi connectivity index (χ0) is 12.3. The molecule has 0 aromatic heterocycles. The van der Waals surface area contributed by atoms with E-state index >= 15 is 0 Å². The molecule has 2 fully saturated rings. The molecule has 0 aromatic rings. The standard InChI is InChI=1S/C14H27NO2/c1-11(12-5-8-16-9-6-12)15-10-13-4-7-14(2,3)17-13/h11-13,15H,4-10H2,1-3H3. The van der Waals surface area contributed by atoms with Crippen molar-refractivity contribution >= 4 is 0 Å². The van der Waals surface area contributed by atoms with Crippen LogP contribution in [-0.2, 0) is 9.47 Å². The van der Waals surface area contributed by atoms with Crippen molar-refractivity contribution in [1.82, 2.24) is 5.32 Å². The van der Waals surface area contributed by atoms with Crippen LogP contribution in [0.15, 0.2) is 0 Å². The van der Waals surface area contributed by atoms with E-state index in [1.807, 2.05) is 0 Å². The lowest BCUT2D eigenvalue weighted by atomic mass is 9.93. The maximum atomic E-state index is 6.00. The molecule has 0 bridgehead atoms. The topological polar surface area (TPSA) is 30.5 Å². The molecule has 100 valence electrons. The highest BCUT2D eigenvalue weighted by atomic mass is 16.5. The van der Waals surface area contributed by atoms with Crippen LogP contribution in [0.5, 0.6) is 0 Å². The molecule has 0 aromatic carbocycles. The zero-order valence-corrected chi connectivity index (χ0v) is 11.5. The molecule has 0 aliphatic carbocycles. The van der Waals surface area contributed by atoms with Gasteiger partial charge in [0.15, 0.2) is 0 Å². The van der Waals surface area contributed by atoms with Gasteiger partial charge in [0.1, 0.15) is 0 Å². The second kappa shape index (κ2) is 5.68. The van der Waals surface area contributed by atoms with Gasteiger partial charge < -0.3 is 14.8 Å². The summed E-state index contributed by atoms with van der Waals surface area (Å²) in [4.78, 5) is 0. The third kappa shape index (κ3) is 3.94. The predicted molar refractivity (Wildman–Crippen MR) is 69.2 cm³/mol. The fourth-order valence-electron chi connectivity index (χ4n) is 2.92. The molecule has 2 saturated heterocycles. The third-order valence-corrected chi connectivity index (χ3v) is 4.19. The van der Waals surface area contributed by atoms with E-state index in [1.54, 1.807) is 0 Å². The van der Waals surface area contributed by atoms with Gasteiger partial charge >= 0.3 is 0 Å². The summed E-state index contributed by atoms with van der Waals surface area (Å²) < 4.78 is 11.4. The summed E-state index contributed by atoms with van der Waals surface area (Å²) in [7, 11) is 0. The Morgan fingerprint density at radius 1 is 1.24 bits per heavy atom. The van der Waals surface area contributed by atoms with Crippen LogP contribution in [0.4, 0.5) is 0 Å². The van der Waals surface area contributed by atoms with E-state index in [0.717, 1.165) is 25.7 Å². The molecule has 3 nitrogen and oxygen atoms in total. The van der Waals surface area contributed by atoms with Crippen molar-refractivity contribution in [1.29, 1.82) is 0 Å². The van der Waals surface area contributed by atoms with Crippen LogP contribution in [0.2, 0.25) is 0 Å². The molecule has 0 saturated carbocycles. The first kappa shape index (κ1) is 13.3. The lowest BCUT2D eigenvalue weighted by molar-refractivity contribution is -0.0168. The largest absolute Gasteiger partial charge is 0.381 e. The van der Waals surface area contributed by atoms with E-state index in [4.69, 9.17) is 9.47 Å². The SMILES string of the molecule is CC(NCC1CCC(C)(C)O1)C1CCOCC1. The van der Waals surface area contributed by atoms with Gasteiger partial charge in [0.2, 0.25) is 0 Å². The van der Waals surface area contributed by atoms with E-state index in [9.17, 15) is 0 Å². The molecule has 0 amide bonds. The first-order valence-corrected chi connectivity index (χ1v) is 7.06. The fraction of sp³-hybridized carbons (Fsp3) is 1.00. The Hall–Kier alpha value is -0.120. The van der Waals surface area contributed by atoms with Crippen molar-refractivity contribution in [3.05, 3.63) is 0 Å². The maximum Gasteiger partial charge on any atom is 0.0707 e. The number of hydrogen-bond donors (Lipinski definition) is 1. The summed E-state index contributed by atoms with van der Waals surface area (Å²) in [6, 6.07) is 0.589. The van der Waals surface area contributed by atoms with Crippen LogP contribution in [0.25, 0.3) is 0 Å². The average molecular weight is 241 g/mol. The van der Waals surface area contributed by atoms with E-state index in [2.05, 4.69) is 26.1 Å². The van der Waals surface area contributed by atoms with Gasteiger partial charge in [0.25, 0.3) is 0 Å². The molecule has 2 heterocycles. The van der Waals surface area contributed by atoms with Crippen LogP contribution < -0.4 is 5.32 Å².